The minimum absolute atomic E-state index is 0.0892. The summed E-state index contributed by atoms with van der Waals surface area (Å²) in [6, 6.07) is 18.7. The van der Waals surface area contributed by atoms with Crippen LogP contribution in [-0.4, -0.2) is 104 Å². The van der Waals surface area contributed by atoms with Crippen LogP contribution in [-0.2, 0) is 36.9 Å². The number of aliphatic carboxylic acids is 1. The molecule has 1 aliphatic heterocycles. The van der Waals surface area contributed by atoms with E-state index in [1.807, 2.05) is 6.07 Å². The van der Waals surface area contributed by atoms with Crippen molar-refractivity contribution in [1.29, 1.82) is 0 Å². The molecular weight excluding hydrogens is 652 g/mol. The number of hydrogen-bond donors (Lipinski definition) is 8. The number of carbonyl (C=O) groups is 3. The molecular formula is C36H40N2O12. The molecule has 50 heavy (non-hydrogen) atoms. The van der Waals surface area contributed by atoms with Gasteiger partial charge in [-0.05, 0) is 46.5 Å². The number of carboxylic acid groups (broad SMARTS) is 1. The molecule has 0 saturated carbocycles. The Labute approximate surface area is 288 Å². The second-order valence-corrected chi connectivity index (χ2v) is 11.7. The largest absolute Gasteiger partial charge is 0.508 e. The van der Waals surface area contributed by atoms with Crippen molar-refractivity contribution in [2.45, 2.75) is 62.1 Å². The lowest BCUT2D eigenvalue weighted by molar-refractivity contribution is -0.314. The van der Waals surface area contributed by atoms with E-state index in [9.17, 15) is 45.0 Å². The number of aliphatic hydroxyl groups is 4. The molecule has 0 bridgehead atoms. The molecule has 0 radical (unpaired) electrons. The molecule has 266 valence electrons. The van der Waals surface area contributed by atoms with Gasteiger partial charge in [0.15, 0.2) is 0 Å². The third kappa shape index (κ3) is 10.0. The van der Waals surface area contributed by atoms with Gasteiger partial charge in [-0.1, -0.05) is 48.5 Å². The normalized spacial score (nSPS) is 21.3. The third-order valence-electron chi connectivity index (χ3n) is 7.99. The van der Waals surface area contributed by atoms with E-state index < -0.39 is 73.6 Å². The van der Waals surface area contributed by atoms with Crippen LogP contribution in [0.4, 0.5) is 0 Å². The van der Waals surface area contributed by atoms with Gasteiger partial charge in [-0.3, -0.25) is 9.59 Å². The molecule has 6 atom stereocenters. The molecule has 0 spiro atoms. The summed E-state index contributed by atoms with van der Waals surface area (Å²) < 4.78 is 17.0. The Bertz CT molecular complexity index is 1660. The molecule has 8 N–H and O–H groups in total. The number of carboxylic acids is 1. The lowest BCUT2D eigenvalue weighted by atomic mass is 9.88. The van der Waals surface area contributed by atoms with Crippen LogP contribution in [0.15, 0.2) is 72.8 Å². The van der Waals surface area contributed by atoms with Gasteiger partial charge in [0.2, 0.25) is 11.8 Å². The summed E-state index contributed by atoms with van der Waals surface area (Å²) in [7, 11) is 0. The number of aromatic hydroxyl groups is 1. The Morgan fingerprint density at radius 1 is 1.00 bits per heavy atom. The highest BCUT2D eigenvalue weighted by atomic mass is 16.7. The van der Waals surface area contributed by atoms with Crippen LogP contribution in [0.1, 0.15) is 24.0 Å². The van der Waals surface area contributed by atoms with E-state index in [0.29, 0.717) is 29.9 Å². The number of carbonyl (C=O) groups excluding carboxylic acids is 2. The first-order valence-electron chi connectivity index (χ1n) is 15.7. The van der Waals surface area contributed by atoms with Crippen molar-refractivity contribution in [3.8, 4) is 35.0 Å². The number of benzene rings is 3. The Morgan fingerprint density at radius 2 is 1.70 bits per heavy atom. The molecule has 14 heteroatoms. The number of hydrogen-bond acceptors (Lipinski definition) is 11. The number of terminal acetylenes is 1. The number of amides is 2. The standard InChI is InChI=1S/C36H40N2O12/c1-2-3-14-48-27-12-10-22(11-13-27)21-49-36(35(46)47)18-28(41)32(38-31(44)20-39)34(50-36)33(45)29(42)19-37-30(43)16-23-6-4-7-24(15-23)25-8-5-9-26(40)17-25/h1,4-13,15,17,28-29,32-34,39-42,45H,3,14,16,18-21H2,(H,37,43)(H,38,44)(H,46,47)/t28-,29+,32+,33+,34+,36+/m0/s1. The molecule has 0 aromatic heterocycles. The predicted molar refractivity (Wildman–Crippen MR) is 177 cm³/mol. The van der Waals surface area contributed by atoms with Gasteiger partial charge >= 0.3 is 5.97 Å². The van der Waals surface area contributed by atoms with E-state index in [1.54, 1.807) is 60.7 Å². The van der Waals surface area contributed by atoms with Crippen molar-refractivity contribution in [2.24, 2.45) is 0 Å². The summed E-state index contributed by atoms with van der Waals surface area (Å²) in [5.41, 5.74) is 2.63. The second-order valence-electron chi connectivity index (χ2n) is 11.7. The number of ether oxygens (including phenoxy) is 3. The smallest absolute Gasteiger partial charge is 0.364 e. The van der Waals surface area contributed by atoms with Crippen molar-refractivity contribution in [3.63, 3.8) is 0 Å². The fourth-order valence-corrected chi connectivity index (χ4v) is 5.41. The van der Waals surface area contributed by atoms with Crippen LogP contribution >= 0.6 is 0 Å². The first-order valence-corrected chi connectivity index (χ1v) is 15.7. The highest BCUT2D eigenvalue weighted by Gasteiger charge is 2.55. The average molecular weight is 693 g/mol. The molecule has 1 saturated heterocycles. The highest BCUT2D eigenvalue weighted by Crippen LogP contribution is 2.34. The zero-order valence-electron chi connectivity index (χ0n) is 27.0. The SMILES string of the molecule is C#CCCOc1ccc(CO[C@]2(C(=O)O)C[C@H](O)[C@@H](NC(=O)CO)[C@H]([C@H](O)[C@H](O)CNC(=O)Cc3cccc(-c4cccc(O)c4)c3)O2)cc1. The van der Waals surface area contributed by atoms with Gasteiger partial charge in [0, 0.05) is 19.4 Å². The van der Waals surface area contributed by atoms with Crippen molar-refractivity contribution in [3.05, 3.63) is 83.9 Å². The first kappa shape index (κ1) is 37.8. The quantitative estimate of drug-likeness (QED) is 0.0758. The molecule has 1 aliphatic rings. The lowest BCUT2D eigenvalue weighted by Gasteiger charge is -2.46. The van der Waals surface area contributed by atoms with Crippen molar-refractivity contribution < 1.29 is 59.2 Å². The van der Waals surface area contributed by atoms with Crippen LogP contribution in [0.2, 0.25) is 0 Å². The van der Waals surface area contributed by atoms with Crippen molar-refractivity contribution in [2.75, 3.05) is 19.8 Å². The average Bonchev–Trinajstić information content (AvgIpc) is 3.11. The highest BCUT2D eigenvalue weighted by molar-refractivity contribution is 5.79. The first-order chi connectivity index (χ1) is 23.9. The number of rotatable bonds is 16. The summed E-state index contributed by atoms with van der Waals surface area (Å²) in [4.78, 5) is 37.4. The van der Waals surface area contributed by atoms with Crippen molar-refractivity contribution in [1.82, 2.24) is 10.6 Å². The summed E-state index contributed by atoms with van der Waals surface area (Å²) in [6.45, 7) is -1.51. The molecule has 1 heterocycles. The lowest BCUT2D eigenvalue weighted by Crippen LogP contribution is -2.68. The van der Waals surface area contributed by atoms with E-state index in [-0.39, 0.29) is 18.8 Å². The van der Waals surface area contributed by atoms with Gasteiger partial charge in [0.05, 0.1) is 37.9 Å². The minimum Gasteiger partial charge on any atom is -0.508 e. The maximum absolute atomic E-state index is 12.8. The molecule has 0 aliphatic carbocycles. The van der Waals surface area contributed by atoms with Crippen molar-refractivity contribution >= 4 is 17.8 Å². The minimum atomic E-state index is -2.53. The van der Waals surface area contributed by atoms with Crippen LogP contribution < -0.4 is 15.4 Å². The summed E-state index contributed by atoms with van der Waals surface area (Å²) >= 11 is 0. The molecule has 14 nitrogen and oxygen atoms in total. The van der Waals surface area contributed by atoms with E-state index in [1.165, 1.54) is 6.07 Å². The Balaban J connectivity index is 1.44. The summed E-state index contributed by atoms with van der Waals surface area (Å²) in [5.74, 6) is -2.58. The van der Waals surface area contributed by atoms with E-state index in [4.69, 9.17) is 20.6 Å². The van der Waals surface area contributed by atoms with Gasteiger partial charge in [-0.25, -0.2) is 4.79 Å². The second kappa shape index (κ2) is 17.6. The maximum atomic E-state index is 12.8. The van der Waals surface area contributed by atoms with Crippen LogP contribution in [0.5, 0.6) is 11.5 Å². The summed E-state index contributed by atoms with van der Waals surface area (Å²) in [5, 5.41) is 67.1. The fraction of sp³-hybridized carbons (Fsp3) is 0.361. The van der Waals surface area contributed by atoms with Gasteiger partial charge < -0.3 is 55.5 Å². The Morgan fingerprint density at radius 3 is 2.36 bits per heavy atom. The van der Waals surface area contributed by atoms with Gasteiger partial charge in [0.25, 0.3) is 5.79 Å². The van der Waals surface area contributed by atoms with E-state index in [0.717, 1.165) is 11.1 Å². The van der Waals surface area contributed by atoms with Gasteiger partial charge in [-0.15, -0.1) is 12.3 Å². The predicted octanol–water partition coefficient (Wildman–Crippen LogP) is 0.466. The van der Waals surface area contributed by atoms with Gasteiger partial charge in [-0.2, -0.15) is 0 Å². The zero-order chi connectivity index (χ0) is 36.3. The molecule has 4 rings (SSSR count). The molecule has 0 unspecified atom stereocenters. The topological polar surface area (TPSA) is 224 Å². The van der Waals surface area contributed by atoms with Crippen LogP contribution in [0.3, 0.4) is 0 Å². The van der Waals surface area contributed by atoms with Crippen LogP contribution in [0, 0.1) is 12.3 Å². The number of phenols is 1. The fourth-order valence-electron chi connectivity index (χ4n) is 5.41. The number of aliphatic hydroxyl groups excluding tert-OH is 4. The molecule has 3 aromatic carbocycles. The van der Waals surface area contributed by atoms with Gasteiger partial charge in [0.1, 0.15) is 30.3 Å². The summed E-state index contributed by atoms with van der Waals surface area (Å²) in [6.07, 6.45) is -2.34. The van der Waals surface area contributed by atoms with Crippen LogP contribution in [0.25, 0.3) is 11.1 Å². The maximum Gasteiger partial charge on any atom is 0.364 e. The molecule has 1 fully saturated rings. The Hall–Kier alpha value is -5.01. The zero-order valence-corrected chi connectivity index (χ0v) is 27.0. The molecule has 2 amide bonds. The monoisotopic (exact) mass is 692 g/mol. The third-order valence-corrected chi connectivity index (χ3v) is 7.99. The number of phenolic OH excluding ortho intramolecular Hbond substituents is 1. The van der Waals surface area contributed by atoms with E-state index in [2.05, 4.69) is 16.6 Å². The van der Waals surface area contributed by atoms with E-state index >= 15 is 0 Å². The number of nitrogens with one attached hydrogen (secondary N) is 2. The Kier molecular flexibility index (Phi) is 13.3. The molecule has 3 aromatic rings.